The van der Waals surface area contributed by atoms with Gasteiger partial charge in [0.15, 0.2) is 5.82 Å². The number of urea groups is 1. The quantitative estimate of drug-likeness (QED) is 0.859. The molecule has 0 radical (unpaired) electrons. The maximum absolute atomic E-state index is 12.6. The van der Waals surface area contributed by atoms with E-state index in [0.717, 1.165) is 64.2 Å². The molecule has 1 aromatic heterocycles. The Hall–Kier alpha value is -2.41. The van der Waals surface area contributed by atoms with Crippen molar-refractivity contribution in [3.05, 3.63) is 47.6 Å². The summed E-state index contributed by atoms with van der Waals surface area (Å²) in [4.78, 5) is 21.3. The van der Waals surface area contributed by atoms with Crippen LogP contribution in [-0.2, 0) is 13.0 Å². The van der Waals surface area contributed by atoms with Crippen molar-refractivity contribution in [3.63, 3.8) is 0 Å². The lowest BCUT2D eigenvalue weighted by Crippen LogP contribution is -2.48. The Balaban J connectivity index is 1.18. The monoisotopic (exact) mass is 383 g/mol. The van der Waals surface area contributed by atoms with Gasteiger partial charge in [0.25, 0.3) is 0 Å². The molecule has 7 nitrogen and oxygen atoms in total. The first-order chi connectivity index (χ1) is 13.7. The SMILES string of the molecule is Cc1nc(CC2CCN(C(=O)N[C@H]3CCN(Cc4ccccc4)C3)CC2)no1. The molecule has 7 heteroatoms. The molecule has 0 aliphatic carbocycles. The molecule has 4 rings (SSSR count). The smallest absolute Gasteiger partial charge is 0.317 e. The van der Waals surface area contributed by atoms with E-state index in [4.69, 9.17) is 4.52 Å². The van der Waals surface area contributed by atoms with Crippen LogP contribution in [0.5, 0.6) is 0 Å². The molecule has 1 N–H and O–H groups in total. The Morgan fingerprint density at radius 3 is 2.68 bits per heavy atom. The Morgan fingerprint density at radius 2 is 1.96 bits per heavy atom. The summed E-state index contributed by atoms with van der Waals surface area (Å²) >= 11 is 0. The van der Waals surface area contributed by atoms with Crippen molar-refractivity contribution in [2.45, 2.75) is 45.2 Å². The average Bonchev–Trinajstić information content (AvgIpc) is 3.32. The second-order valence-electron chi connectivity index (χ2n) is 8.02. The van der Waals surface area contributed by atoms with Crippen LogP contribution < -0.4 is 5.32 Å². The van der Waals surface area contributed by atoms with E-state index in [1.165, 1.54) is 5.56 Å². The highest BCUT2D eigenvalue weighted by Gasteiger charge is 2.28. The zero-order valence-corrected chi connectivity index (χ0v) is 16.5. The van der Waals surface area contributed by atoms with Gasteiger partial charge in [-0.3, -0.25) is 4.90 Å². The lowest BCUT2D eigenvalue weighted by atomic mass is 9.93. The second-order valence-corrected chi connectivity index (χ2v) is 8.02. The first kappa shape index (κ1) is 18.9. The number of amides is 2. The number of likely N-dealkylation sites (tertiary alicyclic amines) is 2. The number of benzene rings is 1. The third-order valence-corrected chi connectivity index (χ3v) is 5.79. The minimum atomic E-state index is 0.0837. The maximum atomic E-state index is 12.6. The highest BCUT2D eigenvalue weighted by molar-refractivity contribution is 5.74. The molecule has 0 unspecified atom stereocenters. The van der Waals surface area contributed by atoms with Crippen LogP contribution in [0.25, 0.3) is 0 Å². The van der Waals surface area contributed by atoms with Gasteiger partial charge in [-0.1, -0.05) is 35.5 Å². The van der Waals surface area contributed by atoms with Crippen LogP contribution in [0.2, 0.25) is 0 Å². The van der Waals surface area contributed by atoms with Crippen molar-refractivity contribution < 1.29 is 9.32 Å². The molecule has 1 atom stereocenters. The summed E-state index contributed by atoms with van der Waals surface area (Å²) in [6.45, 7) is 6.32. The Kier molecular flexibility index (Phi) is 5.90. The van der Waals surface area contributed by atoms with Gasteiger partial charge in [-0.05, 0) is 30.7 Å². The number of piperidine rings is 1. The fraction of sp³-hybridized carbons (Fsp3) is 0.571. The minimum absolute atomic E-state index is 0.0837. The van der Waals surface area contributed by atoms with Crippen molar-refractivity contribution in [2.75, 3.05) is 26.2 Å². The Bertz CT molecular complexity index is 770. The first-order valence-corrected chi connectivity index (χ1v) is 10.3. The zero-order valence-electron chi connectivity index (χ0n) is 16.5. The van der Waals surface area contributed by atoms with Gasteiger partial charge in [0.1, 0.15) is 0 Å². The highest BCUT2D eigenvalue weighted by Crippen LogP contribution is 2.21. The molecular weight excluding hydrogens is 354 g/mol. The predicted octanol–water partition coefficient (Wildman–Crippen LogP) is 2.62. The van der Waals surface area contributed by atoms with Crippen molar-refractivity contribution in [1.29, 1.82) is 0 Å². The van der Waals surface area contributed by atoms with Gasteiger partial charge >= 0.3 is 6.03 Å². The van der Waals surface area contributed by atoms with E-state index in [1.54, 1.807) is 0 Å². The first-order valence-electron chi connectivity index (χ1n) is 10.3. The van der Waals surface area contributed by atoms with Crippen molar-refractivity contribution >= 4 is 6.03 Å². The molecule has 1 aromatic carbocycles. The molecular formula is C21H29N5O2. The van der Waals surface area contributed by atoms with E-state index in [-0.39, 0.29) is 12.1 Å². The predicted molar refractivity (Wildman–Crippen MR) is 106 cm³/mol. The number of carbonyl (C=O) groups is 1. The lowest BCUT2D eigenvalue weighted by molar-refractivity contribution is 0.166. The van der Waals surface area contributed by atoms with Gasteiger partial charge in [0.05, 0.1) is 0 Å². The van der Waals surface area contributed by atoms with E-state index < -0.39 is 0 Å². The maximum Gasteiger partial charge on any atom is 0.317 e. The summed E-state index contributed by atoms with van der Waals surface area (Å²) < 4.78 is 5.05. The minimum Gasteiger partial charge on any atom is -0.340 e. The van der Waals surface area contributed by atoms with Gasteiger partial charge in [-0.25, -0.2) is 4.79 Å². The van der Waals surface area contributed by atoms with Crippen LogP contribution in [0, 0.1) is 12.8 Å². The normalized spacial score (nSPS) is 21.2. The molecule has 3 heterocycles. The third-order valence-electron chi connectivity index (χ3n) is 5.79. The van der Waals surface area contributed by atoms with Gasteiger partial charge in [0.2, 0.25) is 5.89 Å². The molecule has 2 fully saturated rings. The molecule has 0 bridgehead atoms. The van der Waals surface area contributed by atoms with Crippen LogP contribution in [0.4, 0.5) is 4.79 Å². The van der Waals surface area contributed by atoms with E-state index in [1.807, 2.05) is 17.9 Å². The van der Waals surface area contributed by atoms with Crippen LogP contribution in [0.1, 0.15) is 36.5 Å². The molecule has 2 aliphatic rings. The van der Waals surface area contributed by atoms with Crippen molar-refractivity contribution in [2.24, 2.45) is 5.92 Å². The lowest BCUT2D eigenvalue weighted by Gasteiger charge is -2.32. The average molecular weight is 383 g/mol. The Labute approximate surface area is 166 Å². The van der Waals surface area contributed by atoms with Gasteiger partial charge < -0.3 is 14.7 Å². The molecule has 0 saturated carbocycles. The fourth-order valence-electron chi connectivity index (χ4n) is 4.22. The van der Waals surface area contributed by atoms with Gasteiger partial charge in [0, 0.05) is 52.1 Å². The number of hydrogen-bond acceptors (Lipinski definition) is 5. The standard InChI is InChI=1S/C21H29N5O2/c1-16-22-20(24-28-16)13-17-7-11-26(12-8-17)21(27)23-19-9-10-25(15-19)14-18-5-3-2-4-6-18/h2-6,17,19H,7-15H2,1H3,(H,23,27)/t19-/m0/s1. The van der Waals surface area contributed by atoms with E-state index >= 15 is 0 Å². The number of nitrogens with zero attached hydrogens (tertiary/aromatic N) is 4. The zero-order chi connectivity index (χ0) is 19.3. The van der Waals surface area contributed by atoms with Crippen LogP contribution >= 0.6 is 0 Å². The number of nitrogens with one attached hydrogen (secondary N) is 1. The van der Waals surface area contributed by atoms with E-state index in [2.05, 4.69) is 44.6 Å². The van der Waals surface area contributed by atoms with E-state index in [9.17, 15) is 4.79 Å². The number of aryl methyl sites for hydroxylation is 1. The van der Waals surface area contributed by atoms with Gasteiger partial charge in [-0.2, -0.15) is 4.98 Å². The second kappa shape index (κ2) is 8.73. The van der Waals surface area contributed by atoms with Crippen molar-refractivity contribution in [1.82, 2.24) is 25.3 Å². The highest BCUT2D eigenvalue weighted by atomic mass is 16.5. The molecule has 2 amide bonds. The van der Waals surface area contributed by atoms with Crippen LogP contribution in [0.15, 0.2) is 34.9 Å². The third kappa shape index (κ3) is 4.90. The molecule has 28 heavy (non-hydrogen) atoms. The topological polar surface area (TPSA) is 74.5 Å². The summed E-state index contributed by atoms with van der Waals surface area (Å²) in [5.74, 6) is 1.92. The Morgan fingerprint density at radius 1 is 1.18 bits per heavy atom. The van der Waals surface area contributed by atoms with Crippen LogP contribution in [-0.4, -0.2) is 58.2 Å². The number of hydrogen-bond donors (Lipinski definition) is 1. The van der Waals surface area contributed by atoms with E-state index in [0.29, 0.717) is 11.8 Å². The van der Waals surface area contributed by atoms with Crippen molar-refractivity contribution in [3.8, 4) is 0 Å². The number of aromatic nitrogens is 2. The fourth-order valence-corrected chi connectivity index (χ4v) is 4.22. The summed E-state index contributed by atoms with van der Waals surface area (Å²) in [6, 6.07) is 10.8. The summed E-state index contributed by atoms with van der Waals surface area (Å²) in [5.41, 5.74) is 1.33. The molecule has 2 aliphatic heterocycles. The number of carbonyl (C=O) groups excluding carboxylic acids is 1. The molecule has 2 aromatic rings. The molecule has 150 valence electrons. The summed E-state index contributed by atoms with van der Waals surface area (Å²) in [6.07, 6.45) is 3.84. The summed E-state index contributed by atoms with van der Waals surface area (Å²) in [5, 5.41) is 7.22. The van der Waals surface area contributed by atoms with Gasteiger partial charge in [-0.15, -0.1) is 0 Å². The summed E-state index contributed by atoms with van der Waals surface area (Å²) in [7, 11) is 0. The largest absolute Gasteiger partial charge is 0.340 e. The number of rotatable bonds is 5. The molecule has 0 spiro atoms. The van der Waals surface area contributed by atoms with Crippen LogP contribution in [0.3, 0.4) is 0 Å². The molecule has 2 saturated heterocycles.